The molecule has 2 rings (SSSR count). The molecule has 2 atom stereocenters. The fourth-order valence-electron chi connectivity index (χ4n) is 1.05. The van der Waals surface area contributed by atoms with Crippen LogP contribution < -0.4 is 5.43 Å². The Kier molecular flexibility index (Phi) is 1.48. The van der Waals surface area contributed by atoms with E-state index in [1.807, 2.05) is 12.4 Å². The van der Waals surface area contributed by atoms with Gasteiger partial charge in [-0.3, -0.25) is 10.4 Å². The van der Waals surface area contributed by atoms with E-state index in [-0.39, 0.29) is 0 Å². The molecular formula is C6H6IN3. The minimum absolute atomic E-state index is 0.303. The molecular weight excluding hydrogens is 241 g/mol. The Bertz CT molecular complexity index is 231. The molecule has 52 valence electrons. The first kappa shape index (κ1) is 6.33. The van der Waals surface area contributed by atoms with Crippen LogP contribution in [0.25, 0.3) is 0 Å². The topological polar surface area (TPSA) is 36.8 Å². The molecule has 2 unspecified atom stereocenters. The van der Waals surface area contributed by atoms with Gasteiger partial charge in [0.25, 0.3) is 0 Å². The molecule has 0 saturated carbocycles. The lowest BCUT2D eigenvalue weighted by Gasteiger charge is -2.12. The van der Waals surface area contributed by atoms with Crippen molar-refractivity contribution in [3.8, 4) is 0 Å². The highest BCUT2D eigenvalue weighted by molar-refractivity contribution is 14.1. The molecule has 0 aromatic heterocycles. The second-order valence-electron chi connectivity index (χ2n) is 2.25. The van der Waals surface area contributed by atoms with Crippen molar-refractivity contribution in [2.75, 3.05) is 0 Å². The van der Waals surface area contributed by atoms with Crippen LogP contribution in [-0.4, -0.2) is 16.0 Å². The summed E-state index contributed by atoms with van der Waals surface area (Å²) in [6, 6.07) is 0.303. The lowest BCUT2D eigenvalue weighted by Crippen LogP contribution is -2.30. The van der Waals surface area contributed by atoms with Crippen molar-refractivity contribution in [1.29, 1.82) is 0 Å². The van der Waals surface area contributed by atoms with Crippen molar-refractivity contribution < 1.29 is 0 Å². The van der Waals surface area contributed by atoms with E-state index in [1.54, 1.807) is 0 Å². The second-order valence-corrected chi connectivity index (χ2v) is 3.36. The molecule has 0 spiro atoms. The first-order chi connectivity index (χ1) is 4.88. The number of hydrogen-bond donors (Lipinski definition) is 1. The van der Waals surface area contributed by atoms with E-state index in [0.717, 1.165) is 3.72 Å². The van der Waals surface area contributed by atoms with Crippen LogP contribution in [0.15, 0.2) is 22.4 Å². The van der Waals surface area contributed by atoms with Gasteiger partial charge in [-0.05, 0) is 22.6 Å². The highest BCUT2D eigenvalue weighted by atomic mass is 127. The highest BCUT2D eigenvalue weighted by Gasteiger charge is 2.27. The van der Waals surface area contributed by atoms with Gasteiger partial charge in [-0.2, -0.15) is 5.10 Å². The maximum Gasteiger partial charge on any atom is 0.108 e. The molecule has 1 N–H and O–H groups in total. The van der Waals surface area contributed by atoms with Gasteiger partial charge in [0, 0.05) is 12.4 Å². The van der Waals surface area contributed by atoms with Gasteiger partial charge in [0.2, 0.25) is 0 Å². The first-order valence-electron chi connectivity index (χ1n) is 3.06. The Balaban J connectivity index is 2.27. The molecule has 0 aliphatic carbocycles. The third-order valence-corrected chi connectivity index (χ3v) is 2.57. The Morgan fingerprint density at radius 1 is 1.60 bits per heavy atom. The van der Waals surface area contributed by atoms with Crippen LogP contribution in [0.1, 0.15) is 0 Å². The zero-order chi connectivity index (χ0) is 6.97. The molecule has 3 nitrogen and oxygen atoms in total. The lowest BCUT2D eigenvalue weighted by atomic mass is 10.0. The van der Waals surface area contributed by atoms with Crippen molar-refractivity contribution in [3.05, 3.63) is 12.3 Å². The predicted molar refractivity (Wildman–Crippen MR) is 49.5 cm³/mol. The molecule has 0 fully saturated rings. The average molecular weight is 247 g/mol. The fourth-order valence-corrected chi connectivity index (χ4v) is 1.78. The lowest BCUT2D eigenvalue weighted by molar-refractivity contribution is 0.661. The van der Waals surface area contributed by atoms with E-state index in [2.05, 4.69) is 44.2 Å². The van der Waals surface area contributed by atoms with Crippen LogP contribution in [0.4, 0.5) is 0 Å². The van der Waals surface area contributed by atoms with Crippen molar-refractivity contribution in [1.82, 2.24) is 5.43 Å². The number of halogens is 1. The average Bonchev–Trinajstić information content (AvgIpc) is 2.34. The summed E-state index contributed by atoms with van der Waals surface area (Å²) in [7, 11) is 0. The monoisotopic (exact) mass is 247 g/mol. The maximum absolute atomic E-state index is 4.09. The number of fused-ring (bicyclic) bond motifs is 1. The number of rotatable bonds is 0. The second kappa shape index (κ2) is 2.34. The van der Waals surface area contributed by atoms with Gasteiger partial charge in [0.1, 0.15) is 3.72 Å². The summed E-state index contributed by atoms with van der Waals surface area (Å²) >= 11 is 2.24. The SMILES string of the molecule is IC1=NNC2C=NC=CC12. The van der Waals surface area contributed by atoms with E-state index in [9.17, 15) is 0 Å². The molecule has 0 amide bonds. The fraction of sp³-hybridized carbons (Fsp3) is 0.333. The van der Waals surface area contributed by atoms with Gasteiger partial charge in [-0.25, -0.2) is 0 Å². The summed E-state index contributed by atoms with van der Waals surface area (Å²) in [5.41, 5.74) is 2.99. The van der Waals surface area contributed by atoms with E-state index in [1.165, 1.54) is 0 Å². The molecule has 2 aliphatic rings. The molecule has 0 saturated heterocycles. The predicted octanol–water partition coefficient (Wildman–Crippen LogP) is 0.921. The standard InChI is InChI=1S/C6H6IN3/c7-6-4-1-2-8-3-5(4)9-10-6/h1-5,9H. The van der Waals surface area contributed by atoms with E-state index in [0.29, 0.717) is 12.0 Å². The number of nitrogens with one attached hydrogen (secondary N) is 1. The van der Waals surface area contributed by atoms with E-state index >= 15 is 0 Å². The normalized spacial score (nSPS) is 35.1. The van der Waals surface area contributed by atoms with Crippen LogP contribution in [0.5, 0.6) is 0 Å². The minimum atomic E-state index is 0.303. The number of nitrogens with zero attached hydrogens (tertiary/aromatic N) is 2. The molecule has 10 heavy (non-hydrogen) atoms. The molecule has 0 radical (unpaired) electrons. The number of aliphatic imine (C=N–C) groups is 1. The Labute approximate surface area is 72.4 Å². The minimum Gasteiger partial charge on any atom is -0.300 e. The Hall–Kier alpha value is -0.390. The van der Waals surface area contributed by atoms with Crippen LogP contribution in [0.3, 0.4) is 0 Å². The van der Waals surface area contributed by atoms with Gasteiger partial charge in [-0.1, -0.05) is 6.08 Å². The molecule has 0 bridgehead atoms. The molecule has 2 heterocycles. The van der Waals surface area contributed by atoms with Gasteiger partial charge >= 0.3 is 0 Å². The smallest absolute Gasteiger partial charge is 0.108 e. The summed E-state index contributed by atoms with van der Waals surface area (Å²) in [5, 5.41) is 4.09. The third-order valence-electron chi connectivity index (χ3n) is 1.61. The zero-order valence-corrected chi connectivity index (χ0v) is 7.32. The number of hydrazone groups is 1. The summed E-state index contributed by atoms with van der Waals surface area (Å²) in [6.07, 6.45) is 5.78. The van der Waals surface area contributed by atoms with Gasteiger partial charge in [-0.15, -0.1) is 0 Å². The van der Waals surface area contributed by atoms with Crippen LogP contribution in [-0.2, 0) is 0 Å². The first-order valence-corrected chi connectivity index (χ1v) is 4.14. The van der Waals surface area contributed by atoms with Crippen molar-refractivity contribution in [3.63, 3.8) is 0 Å². The van der Waals surface area contributed by atoms with Crippen molar-refractivity contribution in [2.45, 2.75) is 6.04 Å². The van der Waals surface area contributed by atoms with E-state index in [4.69, 9.17) is 0 Å². The highest BCUT2D eigenvalue weighted by Crippen LogP contribution is 2.20. The zero-order valence-electron chi connectivity index (χ0n) is 5.16. The van der Waals surface area contributed by atoms with E-state index < -0.39 is 0 Å². The summed E-state index contributed by atoms with van der Waals surface area (Å²) in [6.45, 7) is 0. The molecule has 0 aromatic rings. The van der Waals surface area contributed by atoms with Gasteiger partial charge < -0.3 is 0 Å². The third kappa shape index (κ3) is 0.865. The van der Waals surface area contributed by atoms with Crippen LogP contribution in [0.2, 0.25) is 0 Å². The molecule has 4 heteroatoms. The molecule has 0 aromatic carbocycles. The van der Waals surface area contributed by atoms with Crippen molar-refractivity contribution in [2.24, 2.45) is 16.0 Å². The van der Waals surface area contributed by atoms with Crippen molar-refractivity contribution >= 4 is 32.5 Å². The summed E-state index contributed by atoms with van der Waals surface area (Å²) in [4.78, 5) is 4.01. The van der Waals surface area contributed by atoms with Gasteiger partial charge in [0.15, 0.2) is 0 Å². The van der Waals surface area contributed by atoms with Crippen LogP contribution in [0, 0.1) is 5.92 Å². The van der Waals surface area contributed by atoms with Gasteiger partial charge in [0.05, 0.1) is 12.0 Å². The number of hydrogen-bond acceptors (Lipinski definition) is 3. The summed E-state index contributed by atoms with van der Waals surface area (Å²) < 4.78 is 1.12. The largest absolute Gasteiger partial charge is 0.300 e. The van der Waals surface area contributed by atoms with Crippen LogP contribution >= 0.6 is 22.6 Å². The Morgan fingerprint density at radius 3 is 3.30 bits per heavy atom. The molecule has 2 aliphatic heterocycles. The maximum atomic E-state index is 4.09. The Morgan fingerprint density at radius 2 is 2.50 bits per heavy atom. The quantitative estimate of drug-likeness (QED) is 0.635. The summed E-state index contributed by atoms with van der Waals surface area (Å²) in [5.74, 6) is 0.429.